The predicted molar refractivity (Wildman–Crippen MR) is 94.9 cm³/mol. The second kappa shape index (κ2) is 6.72. The lowest BCUT2D eigenvalue weighted by molar-refractivity contribution is 0.0304. The lowest BCUT2D eigenvalue weighted by Gasteiger charge is -2.34. The van der Waals surface area contributed by atoms with Gasteiger partial charge >= 0.3 is 0 Å². The Balaban J connectivity index is 1.51. The zero-order chi connectivity index (χ0) is 18.3. The molecule has 0 bridgehead atoms. The summed E-state index contributed by atoms with van der Waals surface area (Å²) in [5.74, 6) is 1.49. The summed E-state index contributed by atoms with van der Waals surface area (Å²) in [6.07, 6.45) is 4.21. The molecule has 26 heavy (non-hydrogen) atoms. The van der Waals surface area contributed by atoms with Crippen LogP contribution in [0, 0.1) is 18.8 Å². The summed E-state index contributed by atoms with van der Waals surface area (Å²) in [5, 5.41) is 14.7. The highest BCUT2D eigenvalue weighted by Gasteiger charge is 2.44. The molecule has 1 aromatic heterocycles. The van der Waals surface area contributed by atoms with Gasteiger partial charge in [0.25, 0.3) is 5.91 Å². The third kappa shape index (κ3) is 2.86. The molecular weight excluding hydrogens is 332 g/mol. The third-order valence-electron chi connectivity index (χ3n) is 5.91. The topological polar surface area (TPSA) is 80.5 Å². The Morgan fingerprint density at radius 2 is 2.04 bits per heavy atom. The number of benzene rings is 1. The van der Waals surface area contributed by atoms with Crippen molar-refractivity contribution in [3.8, 4) is 5.75 Å². The molecule has 2 aliphatic rings. The largest absolute Gasteiger partial charge is 0.496 e. The number of carbonyl (C=O) groups excluding carboxylic acids is 1. The van der Waals surface area contributed by atoms with Crippen LogP contribution in [0.15, 0.2) is 30.9 Å². The van der Waals surface area contributed by atoms with Crippen molar-refractivity contribution in [1.82, 2.24) is 19.7 Å². The standard InChI is InChI=1S/C19H24N4O3/c1-12-15(4-3-5-18(12)26-2)19(25)22-8-13-6-16(23-11-20-10-21-23)17(24)7-14(13)9-22/h3-5,10-11,13-14,16-17,24H,6-9H2,1-2H3/t13-,14+,16-,17-/m1/s1. The summed E-state index contributed by atoms with van der Waals surface area (Å²) in [7, 11) is 1.62. The molecule has 4 rings (SSSR count). The van der Waals surface area contributed by atoms with E-state index in [4.69, 9.17) is 4.74 Å². The SMILES string of the molecule is COc1cccc(C(=O)N2C[C@H]3C[C@@H](n4cncn4)[C@H](O)C[C@H]3C2)c1C. The van der Waals surface area contributed by atoms with Crippen LogP contribution in [0.25, 0.3) is 0 Å². The highest BCUT2D eigenvalue weighted by molar-refractivity contribution is 5.96. The van der Waals surface area contributed by atoms with E-state index < -0.39 is 6.10 Å². The van der Waals surface area contributed by atoms with Gasteiger partial charge in [-0.05, 0) is 43.7 Å². The first-order valence-electron chi connectivity index (χ1n) is 9.03. The molecule has 1 aromatic carbocycles. The number of nitrogens with zero attached hydrogens (tertiary/aromatic N) is 4. The fraction of sp³-hybridized carbons (Fsp3) is 0.526. The van der Waals surface area contributed by atoms with Gasteiger partial charge in [0.1, 0.15) is 18.4 Å². The fourth-order valence-corrected chi connectivity index (χ4v) is 4.48. The van der Waals surface area contributed by atoms with E-state index in [9.17, 15) is 9.90 Å². The molecule has 1 saturated carbocycles. The van der Waals surface area contributed by atoms with Gasteiger partial charge in [-0.2, -0.15) is 5.10 Å². The monoisotopic (exact) mass is 356 g/mol. The molecule has 2 heterocycles. The first-order valence-corrected chi connectivity index (χ1v) is 9.03. The van der Waals surface area contributed by atoms with E-state index in [0.717, 1.165) is 24.3 Å². The van der Waals surface area contributed by atoms with Gasteiger partial charge in [-0.3, -0.25) is 4.79 Å². The van der Waals surface area contributed by atoms with Crippen LogP contribution in [0.4, 0.5) is 0 Å². The molecule has 2 fully saturated rings. The highest BCUT2D eigenvalue weighted by Crippen LogP contribution is 2.41. The normalized spacial score (nSPS) is 28.0. The van der Waals surface area contributed by atoms with Crippen LogP contribution in [0.2, 0.25) is 0 Å². The maximum absolute atomic E-state index is 13.1. The minimum absolute atomic E-state index is 0.0441. The number of methoxy groups -OCH3 is 1. The fourth-order valence-electron chi connectivity index (χ4n) is 4.48. The number of aromatic nitrogens is 3. The molecular formula is C19H24N4O3. The molecule has 7 nitrogen and oxygen atoms in total. The maximum atomic E-state index is 13.1. The van der Waals surface area contributed by atoms with Crippen molar-refractivity contribution >= 4 is 5.91 Å². The van der Waals surface area contributed by atoms with Crippen LogP contribution in [-0.4, -0.2) is 57.0 Å². The van der Waals surface area contributed by atoms with Crippen LogP contribution >= 0.6 is 0 Å². The number of aliphatic hydroxyl groups excluding tert-OH is 1. The summed E-state index contributed by atoms with van der Waals surface area (Å²) in [5.41, 5.74) is 1.56. The van der Waals surface area contributed by atoms with Gasteiger partial charge in [-0.15, -0.1) is 0 Å². The van der Waals surface area contributed by atoms with Gasteiger partial charge in [-0.25, -0.2) is 9.67 Å². The van der Waals surface area contributed by atoms with Crippen LogP contribution in [0.5, 0.6) is 5.75 Å². The Labute approximate surface area is 152 Å². The molecule has 0 unspecified atom stereocenters. The molecule has 1 aliphatic carbocycles. The summed E-state index contributed by atoms with van der Waals surface area (Å²) >= 11 is 0. The first-order chi connectivity index (χ1) is 12.6. The molecule has 0 spiro atoms. The highest BCUT2D eigenvalue weighted by atomic mass is 16.5. The van der Waals surface area contributed by atoms with Crippen molar-refractivity contribution in [2.24, 2.45) is 11.8 Å². The van der Waals surface area contributed by atoms with E-state index in [-0.39, 0.29) is 11.9 Å². The molecule has 0 radical (unpaired) electrons. The van der Waals surface area contributed by atoms with Gasteiger partial charge < -0.3 is 14.7 Å². The van der Waals surface area contributed by atoms with Gasteiger partial charge in [-0.1, -0.05) is 6.07 Å². The Morgan fingerprint density at radius 1 is 1.27 bits per heavy atom. The third-order valence-corrected chi connectivity index (χ3v) is 5.91. The van der Waals surface area contributed by atoms with Crippen LogP contribution in [0.3, 0.4) is 0 Å². The number of aliphatic hydroxyl groups is 1. The number of hydrogen-bond acceptors (Lipinski definition) is 5. The lowest BCUT2D eigenvalue weighted by atomic mass is 9.77. The summed E-state index contributed by atoms with van der Waals surface area (Å²) in [6, 6.07) is 5.52. The van der Waals surface area contributed by atoms with Crippen LogP contribution in [0.1, 0.15) is 34.8 Å². The number of rotatable bonds is 3. The van der Waals surface area contributed by atoms with Crippen molar-refractivity contribution in [3.63, 3.8) is 0 Å². The molecule has 4 atom stereocenters. The van der Waals surface area contributed by atoms with Gasteiger partial charge in [0.05, 0.1) is 19.3 Å². The van der Waals surface area contributed by atoms with Crippen LogP contribution < -0.4 is 4.74 Å². The van der Waals surface area contributed by atoms with Crippen molar-refractivity contribution in [2.45, 2.75) is 31.9 Å². The maximum Gasteiger partial charge on any atom is 0.254 e. The molecule has 7 heteroatoms. The predicted octanol–water partition coefficient (Wildman–Crippen LogP) is 1.68. The minimum atomic E-state index is -0.452. The zero-order valence-electron chi connectivity index (χ0n) is 15.1. The van der Waals surface area contributed by atoms with Crippen LogP contribution in [-0.2, 0) is 0 Å². The Bertz CT molecular complexity index is 792. The second-order valence-corrected chi connectivity index (χ2v) is 7.34. The van der Waals surface area contributed by atoms with Crippen molar-refractivity contribution in [2.75, 3.05) is 20.2 Å². The first kappa shape index (κ1) is 17.0. The van der Waals surface area contributed by atoms with Crippen molar-refractivity contribution < 1.29 is 14.6 Å². The zero-order valence-corrected chi connectivity index (χ0v) is 15.1. The Morgan fingerprint density at radius 3 is 2.73 bits per heavy atom. The average Bonchev–Trinajstić information content (AvgIpc) is 3.30. The average molecular weight is 356 g/mol. The summed E-state index contributed by atoms with van der Waals surface area (Å²) in [4.78, 5) is 19.0. The molecule has 1 saturated heterocycles. The second-order valence-electron chi connectivity index (χ2n) is 7.34. The summed E-state index contributed by atoms with van der Waals surface area (Å²) < 4.78 is 7.09. The van der Waals surface area contributed by atoms with Gasteiger partial charge in [0.15, 0.2) is 0 Å². The number of likely N-dealkylation sites (tertiary alicyclic amines) is 1. The van der Waals surface area contributed by atoms with E-state index >= 15 is 0 Å². The molecule has 1 N–H and O–H groups in total. The minimum Gasteiger partial charge on any atom is -0.496 e. The Kier molecular flexibility index (Phi) is 4.40. The quantitative estimate of drug-likeness (QED) is 0.905. The lowest BCUT2D eigenvalue weighted by Crippen LogP contribution is -2.36. The molecule has 138 valence electrons. The van der Waals surface area contributed by atoms with Gasteiger partial charge in [0.2, 0.25) is 0 Å². The number of fused-ring (bicyclic) bond motifs is 1. The number of carbonyl (C=O) groups is 1. The van der Waals surface area contributed by atoms with Crippen molar-refractivity contribution in [1.29, 1.82) is 0 Å². The number of ether oxygens (including phenoxy) is 1. The molecule has 1 amide bonds. The number of hydrogen-bond donors (Lipinski definition) is 1. The smallest absolute Gasteiger partial charge is 0.254 e. The van der Waals surface area contributed by atoms with E-state index in [1.54, 1.807) is 18.1 Å². The summed E-state index contributed by atoms with van der Waals surface area (Å²) in [6.45, 7) is 3.33. The molecule has 2 aromatic rings. The van der Waals surface area contributed by atoms with Crippen molar-refractivity contribution in [3.05, 3.63) is 42.0 Å². The molecule has 1 aliphatic heterocycles. The van der Waals surface area contributed by atoms with E-state index in [2.05, 4.69) is 10.1 Å². The van der Waals surface area contributed by atoms with E-state index in [1.165, 1.54) is 6.33 Å². The number of amides is 1. The van der Waals surface area contributed by atoms with Gasteiger partial charge in [0, 0.05) is 24.2 Å². The van der Waals surface area contributed by atoms with E-state index in [0.29, 0.717) is 30.4 Å². The van der Waals surface area contributed by atoms with E-state index in [1.807, 2.05) is 30.0 Å². The Hall–Kier alpha value is -2.41.